The Morgan fingerprint density at radius 3 is 2.59 bits per heavy atom. The Balaban J connectivity index is 1.97. The van der Waals surface area contributed by atoms with Crippen LogP contribution in [0, 0.1) is 0 Å². The van der Waals surface area contributed by atoms with Crippen LogP contribution in [-0.2, 0) is 4.79 Å². The molecule has 0 spiro atoms. The van der Waals surface area contributed by atoms with Crippen LogP contribution in [0.25, 0.3) is 21.9 Å². The van der Waals surface area contributed by atoms with Crippen molar-refractivity contribution in [3.05, 3.63) is 66.5 Å². The lowest BCUT2D eigenvalue weighted by molar-refractivity contribution is -0.119. The van der Waals surface area contributed by atoms with E-state index in [0.717, 1.165) is 16.5 Å². The molecule has 110 valence electrons. The minimum absolute atomic E-state index is 0.0156. The Kier molecular flexibility index (Phi) is 3.88. The van der Waals surface area contributed by atoms with Gasteiger partial charge in [-0.3, -0.25) is 9.78 Å². The predicted molar refractivity (Wildman–Crippen MR) is 89.4 cm³/mol. The molecule has 2 aromatic carbocycles. The van der Waals surface area contributed by atoms with Gasteiger partial charge in [-0.05, 0) is 35.1 Å². The van der Waals surface area contributed by atoms with Crippen LogP contribution in [0.3, 0.4) is 0 Å². The molecule has 3 rings (SSSR count). The molecule has 1 atom stereocenters. The summed E-state index contributed by atoms with van der Waals surface area (Å²) in [5, 5.41) is 5.23. The zero-order chi connectivity index (χ0) is 15.5. The van der Waals surface area contributed by atoms with Crippen LogP contribution < -0.4 is 5.32 Å². The average molecular weight is 290 g/mol. The Morgan fingerprint density at radius 2 is 1.86 bits per heavy atom. The third-order valence-electron chi connectivity index (χ3n) is 3.82. The SMILES string of the molecule is CC(=O)NC(C)c1ccc(-c2cccc3cnccc23)cc1. The molecule has 1 unspecified atom stereocenters. The maximum Gasteiger partial charge on any atom is 0.217 e. The van der Waals surface area contributed by atoms with Crippen molar-refractivity contribution in [3.63, 3.8) is 0 Å². The van der Waals surface area contributed by atoms with Gasteiger partial charge in [-0.25, -0.2) is 0 Å². The molecule has 0 bridgehead atoms. The van der Waals surface area contributed by atoms with E-state index < -0.39 is 0 Å². The van der Waals surface area contributed by atoms with Gasteiger partial charge in [0.1, 0.15) is 0 Å². The van der Waals surface area contributed by atoms with Gasteiger partial charge in [-0.1, -0.05) is 42.5 Å². The van der Waals surface area contributed by atoms with Gasteiger partial charge in [-0.15, -0.1) is 0 Å². The maximum absolute atomic E-state index is 11.1. The van der Waals surface area contributed by atoms with Gasteiger partial charge in [0.05, 0.1) is 6.04 Å². The molecular formula is C19H18N2O. The van der Waals surface area contributed by atoms with Crippen LogP contribution in [0.4, 0.5) is 0 Å². The summed E-state index contributed by atoms with van der Waals surface area (Å²) in [7, 11) is 0. The van der Waals surface area contributed by atoms with E-state index in [1.807, 2.05) is 31.5 Å². The number of pyridine rings is 1. The molecule has 0 aliphatic carbocycles. The largest absolute Gasteiger partial charge is 0.350 e. The van der Waals surface area contributed by atoms with Gasteiger partial charge in [0.15, 0.2) is 0 Å². The molecule has 1 amide bonds. The number of amides is 1. The monoisotopic (exact) mass is 290 g/mol. The second-order valence-corrected chi connectivity index (χ2v) is 5.45. The van der Waals surface area contributed by atoms with Crippen molar-refractivity contribution in [1.82, 2.24) is 10.3 Å². The molecule has 3 aromatic rings. The van der Waals surface area contributed by atoms with E-state index in [4.69, 9.17) is 0 Å². The summed E-state index contributed by atoms with van der Waals surface area (Å²) in [6.45, 7) is 3.52. The number of nitrogens with zero attached hydrogens (tertiary/aromatic N) is 1. The minimum Gasteiger partial charge on any atom is -0.350 e. The second kappa shape index (κ2) is 5.98. The molecule has 3 heteroatoms. The first kappa shape index (κ1) is 14.3. The molecule has 0 aliphatic rings. The van der Waals surface area contributed by atoms with Gasteiger partial charge in [0.25, 0.3) is 0 Å². The van der Waals surface area contributed by atoms with E-state index >= 15 is 0 Å². The molecule has 0 aliphatic heterocycles. The molecule has 1 heterocycles. The van der Waals surface area contributed by atoms with Crippen molar-refractivity contribution >= 4 is 16.7 Å². The highest BCUT2D eigenvalue weighted by molar-refractivity contribution is 5.96. The lowest BCUT2D eigenvalue weighted by Crippen LogP contribution is -2.23. The fourth-order valence-electron chi connectivity index (χ4n) is 2.71. The van der Waals surface area contributed by atoms with Crippen LogP contribution >= 0.6 is 0 Å². The molecule has 0 saturated heterocycles. The molecule has 1 aromatic heterocycles. The Labute approximate surface area is 130 Å². The molecule has 0 fully saturated rings. The number of rotatable bonds is 3. The lowest BCUT2D eigenvalue weighted by atomic mass is 9.97. The normalized spacial score (nSPS) is 12.1. The number of carbonyl (C=O) groups is 1. The lowest BCUT2D eigenvalue weighted by Gasteiger charge is -2.14. The van der Waals surface area contributed by atoms with Crippen molar-refractivity contribution in [2.24, 2.45) is 0 Å². The Morgan fingerprint density at radius 1 is 1.09 bits per heavy atom. The number of aromatic nitrogens is 1. The summed E-state index contributed by atoms with van der Waals surface area (Å²) in [6, 6.07) is 16.6. The highest BCUT2D eigenvalue weighted by atomic mass is 16.1. The quantitative estimate of drug-likeness (QED) is 0.789. The predicted octanol–water partition coefficient (Wildman–Crippen LogP) is 4.10. The number of fused-ring (bicyclic) bond motifs is 1. The zero-order valence-electron chi connectivity index (χ0n) is 12.7. The molecule has 22 heavy (non-hydrogen) atoms. The van der Waals surface area contributed by atoms with Gasteiger partial charge in [0, 0.05) is 24.7 Å². The highest BCUT2D eigenvalue weighted by Crippen LogP contribution is 2.28. The van der Waals surface area contributed by atoms with Crippen molar-refractivity contribution in [2.75, 3.05) is 0 Å². The fraction of sp³-hybridized carbons (Fsp3) is 0.158. The molecule has 3 nitrogen and oxygen atoms in total. The number of benzene rings is 2. The van der Waals surface area contributed by atoms with E-state index in [1.54, 1.807) is 0 Å². The van der Waals surface area contributed by atoms with E-state index in [0.29, 0.717) is 0 Å². The summed E-state index contributed by atoms with van der Waals surface area (Å²) in [5.74, 6) is -0.0156. The van der Waals surface area contributed by atoms with E-state index in [-0.39, 0.29) is 11.9 Å². The summed E-state index contributed by atoms with van der Waals surface area (Å²) < 4.78 is 0. The van der Waals surface area contributed by atoms with E-state index in [1.165, 1.54) is 17.9 Å². The van der Waals surface area contributed by atoms with Crippen molar-refractivity contribution < 1.29 is 4.79 Å². The van der Waals surface area contributed by atoms with Crippen LogP contribution in [0.2, 0.25) is 0 Å². The zero-order valence-corrected chi connectivity index (χ0v) is 12.7. The highest BCUT2D eigenvalue weighted by Gasteiger charge is 2.08. The van der Waals surface area contributed by atoms with E-state index in [9.17, 15) is 4.79 Å². The van der Waals surface area contributed by atoms with Crippen molar-refractivity contribution in [3.8, 4) is 11.1 Å². The Hall–Kier alpha value is -2.68. The number of nitrogens with one attached hydrogen (secondary N) is 1. The van der Waals surface area contributed by atoms with Gasteiger partial charge in [-0.2, -0.15) is 0 Å². The third-order valence-corrected chi connectivity index (χ3v) is 3.82. The molecular weight excluding hydrogens is 272 g/mol. The van der Waals surface area contributed by atoms with E-state index in [2.05, 4.69) is 46.7 Å². The maximum atomic E-state index is 11.1. The van der Waals surface area contributed by atoms with Gasteiger partial charge in [0.2, 0.25) is 5.91 Å². The summed E-state index contributed by atoms with van der Waals surface area (Å²) in [6.07, 6.45) is 3.70. The smallest absolute Gasteiger partial charge is 0.217 e. The molecule has 0 radical (unpaired) electrons. The number of carbonyl (C=O) groups excluding carboxylic acids is 1. The summed E-state index contributed by atoms with van der Waals surface area (Å²) >= 11 is 0. The van der Waals surface area contributed by atoms with Gasteiger partial charge < -0.3 is 5.32 Å². The molecule has 1 N–H and O–H groups in total. The van der Waals surface area contributed by atoms with Crippen LogP contribution in [-0.4, -0.2) is 10.9 Å². The van der Waals surface area contributed by atoms with Gasteiger partial charge >= 0.3 is 0 Å². The summed E-state index contributed by atoms with van der Waals surface area (Å²) in [4.78, 5) is 15.3. The van der Waals surface area contributed by atoms with Crippen molar-refractivity contribution in [1.29, 1.82) is 0 Å². The number of hydrogen-bond acceptors (Lipinski definition) is 2. The van der Waals surface area contributed by atoms with Crippen molar-refractivity contribution in [2.45, 2.75) is 19.9 Å². The first-order valence-corrected chi connectivity index (χ1v) is 7.35. The standard InChI is InChI=1S/C19H18N2O/c1-13(21-14(2)22)15-6-8-16(9-7-15)18-5-3-4-17-12-20-11-10-19(17)18/h3-13H,1-2H3,(H,21,22). The topological polar surface area (TPSA) is 42.0 Å². The minimum atomic E-state index is -0.0156. The first-order chi connectivity index (χ1) is 10.6. The molecule has 0 saturated carbocycles. The Bertz CT molecular complexity index is 804. The first-order valence-electron chi connectivity index (χ1n) is 7.35. The van der Waals surface area contributed by atoms with Crippen LogP contribution in [0.1, 0.15) is 25.5 Å². The average Bonchev–Trinajstić information content (AvgIpc) is 2.54. The van der Waals surface area contributed by atoms with Crippen LogP contribution in [0.5, 0.6) is 0 Å². The fourth-order valence-corrected chi connectivity index (χ4v) is 2.71. The third kappa shape index (κ3) is 2.84. The number of hydrogen-bond donors (Lipinski definition) is 1. The summed E-state index contributed by atoms with van der Waals surface area (Å²) in [5.41, 5.74) is 3.45. The van der Waals surface area contributed by atoms with Crippen LogP contribution in [0.15, 0.2) is 60.9 Å². The second-order valence-electron chi connectivity index (χ2n) is 5.45.